The summed E-state index contributed by atoms with van der Waals surface area (Å²) in [7, 11) is 0. The minimum atomic E-state index is -0.623. The van der Waals surface area contributed by atoms with Gasteiger partial charge < -0.3 is 10.4 Å². The van der Waals surface area contributed by atoms with Crippen molar-refractivity contribution in [1.29, 1.82) is 0 Å². The molecule has 0 aliphatic rings. The Labute approximate surface area is 113 Å². The lowest BCUT2D eigenvalue weighted by Gasteiger charge is -2.22. The van der Waals surface area contributed by atoms with Gasteiger partial charge in [0.2, 0.25) is 0 Å². The van der Waals surface area contributed by atoms with E-state index in [1.165, 1.54) is 0 Å². The van der Waals surface area contributed by atoms with Gasteiger partial charge in [0, 0.05) is 24.5 Å². The summed E-state index contributed by atoms with van der Waals surface area (Å²) in [5.41, 5.74) is 0.631. The van der Waals surface area contributed by atoms with Gasteiger partial charge in [0.05, 0.1) is 5.69 Å². The maximum Gasteiger partial charge on any atom is 0.138 e. The van der Waals surface area contributed by atoms with Crippen LogP contribution in [-0.4, -0.2) is 31.7 Å². The second-order valence-corrected chi connectivity index (χ2v) is 5.54. The number of aliphatic hydroxyl groups excluding tert-OH is 1. The predicted molar refractivity (Wildman–Crippen MR) is 74.1 cm³/mol. The van der Waals surface area contributed by atoms with Crippen LogP contribution in [0.1, 0.15) is 32.6 Å². The zero-order valence-electron chi connectivity index (χ0n) is 11.5. The molecule has 2 aromatic heterocycles. The predicted octanol–water partition coefficient (Wildman–Crippen LogP) is 1.69. The van der Waals surface area contributed by atoms with Crippen LogP contribution in [0.25, 0.3) is 5.82 Å². The fourth-order valence-corrected chi connectivity index (χ4v) is 1.67. The van der Waals surface area contributed by atoms with E-state index in [-0.39, 0.29) is 5.54 Å². The molecule has 0 saturated heterocycles. The van der Waals surface area contributed by atoms with E-state index in [9.17, 15) is 5.11 Å². The Morgan fingerprint density at radius 3 is 2.79 bits per heavy atom. The third kappa shape index (κ3) is 3.87. The van der Waals surface area contributed by atoms with Gasteiger partial charge in [-0.3, -0.25) is 4.57 Å². The molecule has 0 saturated carbocycles. The molecule has 102 valence electrons. The number of nitrogens with one attached hydrogen (secondary N) is 1. The van der Waals surface area contributed by atoms with Crippen molar-refractivity contribution in [3.8, 4) is 5.82 Å². The number of imidazole rings is 1. The van der Waals surface area contributed by atoms with Gasteiger partial charge in [0.25, 0.3) is 0 Å². The lowest BCUT2D eigenvalue weighted by atomic mass is 10.1. The maximum atomic E-state index is 10.2. The van der Waals surface area contributed by atoms with Gasteiger partial charge in [-0.2, -0.15) is 0 Å². The molecule has 0 bridgehead atoms. The summed E-state index contributed by atoms with van der Waals surface area (Å²) in [6, 6.07) is 5.60. The summed E-state index contributed by atoms with van der Waals surface area (Å²) in [6.45, 7) is 6.67. The summed E-state index contributed by atoms with van der Waals surface area (Å²) in [4.78, 5) is 8.44. The Kier molecular flexibility index (Phi) is 3.97. The Bertz CT molecular complexity index is 516. The average Bonchev–Trinajstić information content (AvgIpc) is 2.89. The summed E-state index contributed by atoms with van der Waals surface area (Å²) in [5.74, 6) is 0.754. The highest BCUT2D eigenvalue weighted by molar-refractivity contribution is 5.25. The number of aromatic nitrogens is 3. The zero-order valence-corrected chi connectivity index (χ0v) is 11.5. The molecular weight excluding hydrogens is 240 g/mol. The second-order valence-electron chi connectivity index (χ2n) is 5.54. The van der Waals surface area contributed by atoms with Crippen LogP contribution in [0.15, 0.2) is 36.9 Å². The lowest BCUT2D eigenvalue weighted by Crippen LogP contribution is -2.38. The molecule has 5 heteroatoms. The van der Waals surface area contributed by atoms with Crippen LogP contribution in [-0.2, 0) is 0 Å². The van der Waals surface area contributed by atoms with Crippen molar-refractivity contribution in [2.24, 2.45) is 0 Å². The molecule has 0 radical (unpaired) electrons. The molecule has 2 rings (SSSR count). The van der Waals surface area contributed by atoms with Gasteiger partial charge in [0.1, 0.15) is 18.2 Å². The quantitative estimate of drug-likeness (QED) is 0.878. The molecule has 19 heavy (non-hydrogen) atoms. The monoisotopic (exact) mass is 260 g/mol. The van der Waals surface area contributed by atoms with E-state index in [2.05, 4.69) is 36.1 Å². The SMILES string of the molecule is CC(C)(C)NC[C@H](O)c1cccc(-n2ccnc2)n1. The van der Waals surface area contributed by atoms with E-state index in [4.69, 9.17) is 0 Å². The molecule has 0 spiro atoms. The minimum Gasteiger partial charge on any atom is -0.385 e. The van der Waals surface area contributed by atoms with Crippen molar-refractivity contribution in [3.63, 3.8) is 0 Å². The van der Waals surface area contributed by atoms with Crippen LogP contribution in [0.5, 0.6) is 0 Å². The normalized spacial score (nSPS) is 13.5. The number of hydrogen-bond acceptors (Lipinski definition) is 4. The van der Waals surface area contributed by atoms with Gasteiger partial charge in [-0.1, -0.05) is 6.07 Å². The van der Waals surface area contributed by atoms with Crippen LogP contribution in [0.4, 0.5) is 0 Å². The van der Waals surface area contributed by atoms with Crippen molar-refractivity contribution in [1.82, 2.24) is 19.9 Å². The number of pyridine rings is 1. The van der Waals surface area contributed by atoms with Crippen molar-refractivity contribution < 1.29 is 5.11 Å². The Morgan fingerprint density at radius 1 is 1.37 bits per heavy atom. The molecule has 2 N–H and O–H groups in total. The Hall–Kier alpha value is -1.72. The highest BCUT2D eigenvalue weighted by atomic mass is 16.3. The number of hydrogen-bond donors (Lipinski definition) is 2. The number of rotatable bonds is 4. The van der Waals surface area contributed by atoms with Crippen LogP contribution < -0.4 is 5.32 Å². The van der Waals surface area contributed by atoms with Crippen LogP contribution in [0.2, 0.25) is 0 Å². The molecule has 2 heterocycles. The summed E-state index contributed by atoms with van der Waals surface area (Å²) in [6.07, 6.45) is 4.59. The fourth-order valence-electron chi connectivity index (χ4n) is 1.67. The molecule has 0 aliphatic heterocycles. The van der Waals surface area contributed by atoms with Gasteiger partial charge in [-0.05, 0) is 32.9 Å². The molecule has 0 unspecified atom stereocenters. The van der Waals surface area contributed by atoms with E-state index < -0.39 is 6.10 Å². The zero-order chi connectivity index (χ0) is 13.9. The molecule has 0 amide bonds. The molecule has 5 nitrogen and oxygen atoms in total. The van der Waals surface area contributed by atoms with E-state index in [0.29, 0.717) is 12.2 Å². The number of β-amino-alcohol motifs (C(OH)–C–C–N with tert-alkyl or cyclic N) is 1. The highest BCUT2D eigenvalue weighted by Gasteiger charge is 2.14. The molecule has 0 aromatic carbocycles. The van der Waals surface area contributed by atoms with E-state index in [1.807, 2.05) is 29.0 Å². The van der Waals surface area contributed by atoms with Crippen molar-refractivity contribution in [3.05, 3.63) is 42.6 Å². The van der Waals surface area contributed by atoms with E-state index in [1.54, 1.807) is 12.5 Å². The summed E-state index contributed by atoms with van der Waals surface area (Å²) in [5, 5.41) is 13.4. The van der Waals surface area contributed by atoms with Gasteiger partial charge >= 0.3 is 0 Å². The third-order valence-corrected chi connectivity index (χ3v) is 2.69. The molecular formula is C14H20N4O. The van der Waals surface area contributed by atoms with Crippen molar-refractivity contribution in [2.45, 2.75) is 32.4 Å². The summed E-state index contributed by atoms with van der Waals surface area (Å²) < 4.78 is 1.81. The second kappa shape index (κ2) is 5.50. The maximum absolute atomic E-state index is 10.2. The van der Waals surface area contributed by atoms with Crippen LogP contribution >= 0.6 is 0 Å². The van der Waals surface area contributed by atoms with Crippen LogP contribution in [0.3, 0.4) is 0 Å². The smallest absolute Gasteiger partial charge is 0.138 e. The standard InChI is InChI=1S/C14H20N4O/c1-14(2,3)16-9-12(19)11-5-4-6-13(17-11)18-8-7-15-10-18/h4-8,10,12,16,19H,9H2,1-3H3/t12-/m0/s1. The first-order valence-corrected chi connectivity index (χ1v) is 6.34. The molecule has 0 fully saturated rings. The first kappa shape index (κ1) is 13.7. The van der Waals surface area contributed by atoms with Gasteiger partial charge in [-0.25, -0.2) is 9.97 Å². The molecule has 2 aromatic rings. The van der Waals surface area contributed by atoms with E-state index in [0.717, 1.165) is 5.82 Å². The Morgan fingerprint density at radius 2 is 2.16 bits per heavy atom. The lowest BCUT2D eigenvalue weighted by molar-refractivity contribution is 0.159. The van der Waals surface area contributed by atoms with Gasteiger partial charge in [0.15, 0.2) is 0 Å². The topological polar surface area (TPSA) is 63.0 Å². The minimum absolute atomic E-state index is 0.0249. The Balaban J connectivity index is 2.10. The molecule has 1 atom stereocenters. The first-order valence-electron chi connectivity index (χ1n) is 6.34. The van der Waals surface area contributed by atoms with Crippen LogP contribution in [0, 0.1) is 0 Å². The number of aliphatic hydroxyl groups is 1. The first-order chi connectivity index (χ1) is 8.96. The van der Waals surface area contributed by atoms with E-state index >= 15 is 0 Å². The number of nitrogens with zero attached hydrogens (tertiary/aromatic N) is 3. The highest BCUT2D eigenvalue weighted by Crippen LogP contribution is 2.13. The molecule has 0 aliphatic carbocycles. The third-order valence-electron chi connectivity index (χ3n) is 2.69. The van der Waals surface area contributed by atoms with Crippen molar-refractivity contribution >= 4 is 0 Å². The fraction of sp³-hybridized carbons (Fsp3) is 0.429. The summed E-state index contributed by atoms with van der Waals surface area (Å²) >= 11 is 0. The van der Waals surface area contributed by atoms with Gasteiger partial charge in [-0.15, -0.1) is 0 Å². The van der Waals surface area contributed by atoms with Crippen molar-refractivity contribution in [2.75, 3.05) is 6.54 Å². The largest absolute Gasteiger partial charge is 0.385 e. The average molecular weight is 260 g/mol.